The highest BCUT2D eigenvalue weighted by atomic mass is 35.5. The van der Waals surface area contributed by atoms with Crippen LogP contribution in [0.3, 0.4) is 0 Å². The van der Waals surface area contributed by atoms with Gasteiger partial charge >= 0.3 is 0 Å². The molecule has 0 radical (unpaired) electrons. The third kappa shape index (κ3) is 3.65. The number of hydrogen-bond acceptors (Lipinski definition) is 4. The van der Waals surface area contributed by atoms with Crippen molar-refractivity contribution in [2.45, 2.75) is 23.8 Å². The van der Waals surface area contributed by atoms with E-state index in [-0.39, 0.29) is 24.7 Å². The van der Waals surface area contributed by atoms with E-state index in [2.05, 4.69) is 4.98 Å². The van der Waals surface area contributed by atoms with E-state index in [0.717, 1.165) is 16.4 Å². The van der Waals surface area contributed by atoms with Gasteiger partial charge in [0.25, 0.3) is 5.56 Å². The lowest BCUT2D eigenvalue weighted by Crippen LogP contribution is -2.41. The Labute approximate surface area is 170 Å². The molecule has 0 atom stereocenters. The van der Waals surface area contributed by atoms with Gasteiger partial charge in [-0.2, -0.15) is 4.31 Å². The Hall–Kier alpha value is -2.36. The van der Waals surface area contributed by atoms with Gasteiger partial charge in [0.15, 0.2) is 0 Å². The Kier molecular flexibility index (Phi) is 5.14. The Balaban J connectivity index is 1.57. The average molecular weight is 440 g/mol. The monoisotopic (exact) mass is 439 g/mol. The van der Waals surface area contributed by atoms with E-state index in [1.165, 1.54) is 10.9 Å². The van der Waals surface area contributed by atoms with Crippen LogP contribution in [-0.4, -0.2) is 35.4 Å². The van der Waals surface area contributed by atoms with Gasteiger partial charge in [-0.15, -0.1) is 0 Å². The molecule has 4 rings (SSSR count). The highest BCUT2D eigenvalue weighted by molar-refractivity contribution is 7.89. The summed E-state index contributed by atoms with van der Waals surface area (Å²) in [7, 11) is -4.09. The Morgan fingerprint density at radius 3 is 2.48 bits per heavy atom. The van der Waals surface area contributed by atoms with E-state index in [1.54, 1.807) is 18.2 Å². The second-order valence-corrected chi connectivity index (χ2v) is 9.17. The molecule has 0 saturated carbocycles. The summed E-state index contributed by atoms with van der Waals surface area (Å²) in [6.45, 7) is 0.212. The standard InChI is InChI=1S/C19H16ClF2N3O3S/c20-12-1-3-15-17(9-12)23-11-25(19(15)26)14-5-7-24(8-6-14)29(27,28)18-4-2-13(21)10-16(18)22/h1-4,9-11,14H,5-8H2. The van der Waals surface area contributed by atoms with Crippen molar-refractivity contribution in [3.05, 3.63) is 69.7 Å². The van der Waals surface area contributed by atoms with E-state index in [1.807, 2.05) is 0 Å². The normalized spacial score (nSPS) is 16.4. The molecule has 1 aliphatic heterocycles. The first-order valence-corrected chi connectivity index (χ1v) is 10.7. The van der Waals surface area contributed by atoms with E-state index in [4.69, 9.17) is 11.6 Å². The Morgan fingerprint density at radius 1 is 1.07 bits per heavy atom. The maximum Gasteiger partial charge on any atom is 0.261 e. The molecule has 1 saturated heterocycles. The Bertz CT molecular complexity index is 1260. The first-order valence-electron chi connectivity index (χ1n) is 8.89. The first kappa shape index (κ1) is 19.9. The average Bonchev–Trinajstić information content (AvgIpc) is 2.68. The predicted octanol–water partition coefficient (Wildman–Crippen LogP) is 3.35. The van der Waals surface area contributed by atoms with Crippen molar-refractivity contribution in [3.8, 4) is 0 Å². The third-order valence-corrected chi connectivity index (χ3v) is 7.24. The van der Waals surface area contributed by atoms with Crippen molar-refractivity contribution in [1.29, 1.82) is 0 Å². The number of aromatic nitrogens is 2. The number of rotatable bonds is 3. The van der Waals surface area contributed by atoms with Crippen molar-refractivity contribution >= 4 is 32.5 Å². The summed E-state index contributed by atoms with van der Waals surface area (Å²) in [6, 6.07) is 6.98. The van der Waals surface area contributed by atoms with Crippen LogP contribution < -0.4 is 5.56 Å². The summed E-state index contributed by atoms with van der Waals surface area (Å²) in [4.78, 5) is 16.5. The van der Waals surface area contributed by atoms with Gasteiger partial charge in [0, 0.05) is 30.2 Å². The molecular weight excluding hydrogens is 424 g/mol. The Morgan fingerprint density at radius 2 is 1.79 bits per heavy atom. The lowest BCUT2D eigenvalue weighted by atomic mass is 10.1. The molecule has 1 aromatic heterocycles. The molecular formula is C19H16ClF2N3O3S. The molecule has 0 unspecified atom stereocenters. The van der Waals surface area contributed by atoms with Crippen LogP contribution in [0.15, 0.2) is 52.4 Å². The molecule has 0 amide bonds. The molecule has 1 fully saturated rings. The van der Waals surface area contributed by atoms with E-state index in [0.29, 0.717) is 34.8 Å². The lowest BCUT2D eigenvalue weighted by molar-refractivity contribution is 0.269. The second-order valence-electron chi connectivity index (χ2n) is 6.83. The molecule has 3 aromatic rings. The number of sulfonamides is 1. The molecule has 2 aromatic carbocycles. The van der Waals surface area contributed by atoms with Crippen molar-refractivity contribution in [1.82, 2.24) is 13.9 Å². The molecule has 1 aliphatic rings. The number of halogens is 3. The molecule has 0 spiro atoms. The summed E-state index contributed by atoms with van der Waals surface area (Å²) in [5.74, 6) is -1.97. The van der Waals surface area contributed by atoms with Crippen LogP contribution in [-0.2, 0) is 10.0 Å². The largest absolute Gasteiger partial charge is 0.296 e. The van der Waals surface area contributed by atoms with Gasteiger partial charge < -0.3 is 0 Å². The second kappa shape index (κ2) is 7.47. The van der Waals surface area contributed by atoms with Crippen molar-refractivity contribution < 1.29 is 17.2 Å². The smallest absolute Gasteiger partial charge is 0.261 e. The molecule has 152 valence electrons. The van der Waals surface area contributed by atoms with Crippen molar-refractivity contribution in [2.24, 2.45) is 0 Å². The molecule has 2 heterocycles. The zero-order valence-corrected chi connectivity index (χ0v) is 16.6. The minimum absolute atomic E-state index is 0.106. The van der Waals surface area contributed by atoms with Crippen LogP contribution in [0.2, 0.25) is 5.02 Å². The quantitative estimate of drug-likeness (QED) is 0.627. The number of piperidine rings is 1. The molecule has 0 bridgehead atoms. The zero-order chi connectivity index (χ0) is 20.8. The molecule has 0 aliphatic carbocycles. The maximum absolute atomic E-state index is 14.0. The molecule has 6 nitrogen and oxygen atoms in total. The lowest BCUT2D eigenvalue weighted by Gasteiger charge is -2.32. The zero-order valence-electron chi connectivity index (χ0n) is 15.1. The van der Waals surface area contributed by atoms with Crippen molar-refractivity contribution in [3.63, 3.8) is 0 Å². The van der Waals surface area contributed by atoms with Crippen LogP contribution in [0.5, 0.6) is 0 Å². The number of benzene rings is 2. The summed E-state index contributed by atoms with van der Waals surface area (Å²) in [5.41, 5.74) is 0.267. The van der Waals surface area contributed by atoms with Crippen LogP contribution in [0.4, 0.5) is 8.78 Å². The minimum atomic E-state index is -4.09. The molecule has 10 heteroatoms. The molecule has 0 N–H and O–H groups in total. The number of hydrogen-bond donors (Lipinski definition) is 0. The van der Waals surface area contributed by atoms with Gasteiger partial charge in [-0.3, -0.25) is 9.36 Å². The minimum Gasteiger partial charge on any atom is -0.296 e. The van der Waals surface area contributed by atoms with Gasteiger partial charge in [-0.25, -0.2) is 22.2 Å². The third-order valence-electron chi connectivity index (χ3n) is 5.07. The summed E-state index contributed by atoms with van der Waals surface area (Å²) >= 11 is 5.93. The first-order chi connectivity index (χ1) is 13.8. The van der Waals surface area contributed by atoms with Gasteiger partial charge in [0.05, 0.1) is 17.2 Å². The number of nitrogens with zero attached hydrogens (tertiary/aromatic N) is 3. The fourth-order valence-electron chi connectivity index (χ4n) is 3.55. The van der Waals surface area contributed by atoms with E-state index < -0.39 is 26.6 Å². The SMILES string of the molecule is O=c1c2ccc(Cl)cc2ncn1C1CCN(S(=O)(=O)c2ccc(F)cc2F)CC1. The van der Waals surface area contributed by atoms with Gasteiger partial charge in [0.2, 0.25) is 10.0 Å². The molecule has 29 heavy (non-hydrogen) atoms. The summed E-state index contributed by atoms with van der Waals surface area (Å²) < 4.78 is 55.1. The topological polar surface area (TPSA) is 72.3 Å². The summed E-state index contributed by atoms with van der Waals surface area (Å²) in [6.07, 6.45) is 2.17. The maximum atomic E-state index is 14.0. The summed E-state index contributed by atoms with van der Waals surface area (Å²) in [5, 5.41) is 0.911. The number of fused-ring (bicyclic) bond motifs is 1. The van der Waals surface area contributed by atoms with Gasteiger partial charge in [-0.05, 0) is 43.2 Å². The van der Waals surface area contributed by atoms with Crippen LogP contribution >= 0.6 is 11.6 Å². The van der Waals surface area contributed by atoms with Crippen molar-refractivity contribution in [2.75, 3.05) is 13.1 Å². The van der Waals surface area contributed by atoms with Gasteiger partial charge in [-0.1, -0.05) is 11.6 Å². The van der Waals surface area contributed by atoms with E-state index in [9.17, 15) is 22.0 Å². The predicted molar refractivity (Wildman–Crippen MR) is 104 cm³/mol. The van der Waals surface area contributed by atoms with Crippen LogP contribution in [0, 0.1) is 11.6 Å². The fraction of sp³-hybridized carbons (Fsp3) is 0.263. The van der Waals surface area contributed by atoms with Gasteiger partial charge in [0.1, 0.15) is 16.5 Å². The highest BCUT2D eigenvalue weighted by Gasteiger charge is 2.32. The van der Waals surface area contributed by atoms with E-state index >= 15 is 0 Å². The van der Waals surface area contributed by atoms with Crippen LogP contribution in [0.25, 0.3) is 10.9 Å². The van der Waals surface area contributed by atoms with Crippen LogP contribution in [0.1, 0.15) is 18.9 Å². The fourth-order valence-corrected chi connectivity index (χ4v) is 5.23. The highest BCUT2D eigenvalue weighted by Crippen LogP contribution is 2.28.